The van der Waals surface area contributed by atoms with Crippen molar-refractivity contribution < 1.29 is 9.53 Å². The molecule has 6 heteroatoms. The van der Waals surface area contributed by atoms with E-state index < -0.39 is 0 Å². The van der Waals surface area contributed by atoms with Gasteiger partial charge in [0.15, 0.2) is 5.78 Å². The first-order valence-corrected chi connectivity index (χ1v) is 11.1. The molecular weight excluding hydrogens is 414 g/mol. The molecule has 0 radical (unpaired) electrons. The lowest BCUT2D eigenvalue weighted by Gasteiger charge is -2.17. The Labute approximate surface area is 193 Å². The van der Waals surface area contributed by atoms with Gasteiger partial charge < -0.3 is 14.2 Å². The molecule has 0 spiro atoms. The predicted octanol–water partition coefficient (Wildman–Crippen LogP) is 4.50. The zero-order valence-corrected chi connectivity index (χ0v) is 19.5. The lowest BCUT2D eigenvalue weighted by atomic mass is 9.92. The number of fused-ring (bicyclic) bond motifs is 3. The van der Waals surface area contributed by atoms with Crippen molar-refractivity contribution in [2.45, 2.75) is 25.8 Å². The van der Waals surface area contributed by atoms with Crippen LogP contribution in [0.5, 0.6) is 5.75 Å². The van der Waals surface area contributed by atoms with E-state index in [0.717, 1.165) is 27.6 Å². The van der Waals surface area contributed by atoms with Gasteiger partial charge in [-0.05, 0) is 55.2 Å². The Bertz CT molecular complexity index is 1370. The maximum absolute atomic E-state index is 13.3. The number of rotatable bonds is 8. The molecule has 33 heavy (non-hydrogen) atoms. The van der Waals surface area contributed by atoms with Crippen molar-refractivity contribution in [3.63, 3.8) is 0 Å². The number of carbonyl (C=O) groups is 1. The molecule has 6 nitrogen and oxygen atoms in total. The number of benzene rings is 2. The lowest BCUT2D eigenvalue weighted by Crippen LogP contribution is -2.27. The maximum Gasteiger partial charge on any atom is 0.260 e. The maximum atomic E-state index is 13.3. The fourth-order valence-corrected chi connectivity index (χ4v) is 4.19. The number of ketones is 1. The zero-order chi connectivity index (χ0) is 23.5. The predicted molar refractivity (Wildman–Crippen MR) is 132 cm³/mol. The minimum Gasteiger partial charge on any atom is -0.497 e. The molecule has 2 aromatic carbocycles. The van der Waals surface area contributed by atoms with E-state index in [1.54, 1.807) is 24.1 Å². The molecule has 0 fully saturated rings. The van der Waals surface area contributed by atoms with Crippen LogP contribution >= 0.6 is 0 Å². The minimum atomic E-state index is -0.0817. The van der Waals surface area contributed by atoms with Gasteiger partial charge in [0.05, 0.1) is 18.0 Å². The Balaban J connectivity index is 1.74. The molecule has 0 aliphatic rings. The molecular formula is C27H29N3O3. The molecule has 0 unspecified atom stereocenters. The molecule has 0 saturated carbocycles. The SMILES string of the molecule is COc1cccc([C@@H](C)CC(=O)c2ccc3c4ccncc4c(=O)n(CCN(C)C)c3c2)c1. The summed E-state index contributed by atoms with van der Waals surface area (Å²) in [7, 11) is 5.59. The zero-order valence-electron chi connectivity index (χ0n) is 19.5. The van der Waals surface area contributed by atoms with Gasteiger partial charge in [-0.25, -0.2) is 0 Å². The van der Waals surface area contributed by atoms with Crippen LogP contribution in [0.25, 0.3) is 21.7 Å². The number of pyridine rings is 2. The summed E-state index contributed by atoms with van der Waals surface area (Å²) in [5.41, 5.74) is 2.37. The number of ether oxygens (including phenoxy) is 1. The fraction of sp³-hybridized carbons (Fsp3) is 0.296. The van der Waals surface area contributed by atoms with Crippen LogP contribution in [0.3, 0.4) is 0 Å². The number of Topliss-reactive ketones (excluding diaryl/α,β-unsaturated/α-hetero) is 1. The van der Waals surface area contributed by atoms with Crippen LogP contribution in [-0.4, -0.2) is 48.0 Å². The number of hydrogen-bond acceptors (Lipinski definition) is 5. The van der Waals surface area contributed by atoms with Crippen molar-refractivity contribution in [2.75, 3.05) is 27.7 Å². The Hall–Kier alpha value is -3.51. The first-order valence-electron chi connectivity index (χ1n) is 11.1. The molecule has 0 aliphatic carbocycles. The molecule has 170 valence electrons. The number of likely N-dealkylation sites (N-methyl/N-ethyl adjacent to an activating group) is 1. The van der Waals surface area contributed by atoms with Crippen molar-refractivity contribution in [3.8, 4) is 5.75 Å². The summed E-state index contributed by atoms with van der Waals surface area (Å²) in [6.07, 6.45) is 3.69. The highest BCUT2D eigenvalue weighted by Gasteiger charge is 2.17. The number of aromatic nitrogens is 2. The molecule has 0 aliphatic heterocycles. The van der Waals surface area contributed by atoms with Crippen LogP contribution in [0.4, 0.5) is 0 Å². The van der Waals surface area contributed by atoms with E-state index in [1.807, 2.05) is 74.4 Å². The minimum absolute atomic E-state index is 0.0434. The van der Waals surface area contributed by atoms with E-state index in [0.29, 0.717) is 30.5 Å². The largest absolute Gasteiger partial charge is 0.497 e. The third-order valence-electron chi connectivity index (χ3n) is 6.12. The summed E-state index contributed by atoms with van der Waals surface area (Å²) in [6, 6.07) is 15.4. The number of nitrogens with zero attached hydrogens (tertiary/aromatic N) is 3. The quantitative estimate of drug-likeness (QED) is 0.296. The van der Waals surface area contributed by atoms with Crippen molar-refractivity contribution >= 4 is 27.5 Å². The Kier molecular flexibility index (Phi) is 6.56. The summed E-state index contributed by atoms with van der Waals surface area (Å²) in [4.78, 5) is 32.7. The van der Waals surface area contributed by atoms with E-state index in [-0.39, 0.29) is 17.3 Å². The summed E-state index contributed by atoms with van der Waals surface area (Å²) in [6.45, 7) is 3.29. The van der Waals surface area contributed by atoms with Gasteiger partial charge in [0.2, 0.25) is 0 Å². The van der Waals surface area contributed by atoms with Gasteiger partial charge in [0, 0.05) is 42.9 Å². The summed E-state index contributed by atoms with van der Waals surface area (Å²) < 4.78 is 7.08. The van der Waals surface area contributed by atoms with Crippen LogP contribution in [0.1, 0.15) is 35.2 Å². The van der Waals surface area contributed by atoms with Gasteiger partial charge in [-0.2, -0.15) is 0 Å². The van der Waals surface area contributed by atoms with E-state index in [4.69, 9.17) is 4.74 Å². The van der Waals surface area contributed by atoms with Gasteiger partial charge in [-0.3, -0.25) is 14.6 Å². The lowest BCUT2D eigenvalue weighted by molar-refractivity contribution is 0.0975. The van der Waals surface area contributed by atoms with Crippen LogP contribution in [0, 0.1) is 0 Å². The van der Waals surface area contributed by atoms with E-state index in [9.17, 15) is 9.59 Å². The summed E-state index contributed by atoms with van der Waals surface area (Å²) in [5, 5.41) is 2.40. The summed E-state index contributed by atoms with van der Waals surface area (Å²) in [5.74, 6) is 0.874. The topological polar surface area (TPSA) is 64.4 Å². The molecule has 1 atom stereocenters. The third kappa shape index (κ3) is 4.66. The smallest absolute Gasteiger partial charge is 0.260 e. The van der Waals surface area contributed by atoms with Crippen LogP contribution in [-0.2, 0) is 6.54 Å². The number of carbonyl (C=O) groups excluding carboxylic acids is 1. The average Bonchev–Trinajstić information content (AvgIpc) is 2.83. The van der Waals surface area contributed by atoms with E-state index in [2.05, 4.69) is 4.98 Å². The van der Waals surface area contributed by atoms with E-state index >= 15 is 0 Å². The Morgan fingerprint density at radius 1 is 1.09 bits per heavy atom. The van der Waals surface area contributed by atoms with Crippen LogP contribution < -0.4 is 10.3 Å². The molecule has 4 aromatic rings. The van der Waals surface area contributed by atoms with Gasteiger partial charge in [-0.1, -0.05) is 31.2 Å². The van der Waals surface area contributed by atoms with Gasteiger partial charge in [0.25, 0.3) is 5.56 Å². The second kappa shape index (κ2) is 9.55. The summed E-state index contributed by atoms with van der Waals surface area (Å²) >= 11 is 0. The standard InChI is InChI=1S/C27H29N3O3/c1-18(19-6-5-7-21(15-19)33-4)14-26(31)20-8-9-23-22-10-11-28-17-24(22)27(32)30(25(23)16-20)13-12-29(2)3/h5-11,15-18H,12-14H2,1-4H3/t18-/m0/s1. The van der Waals surface area contributed by atoms with Crippen molar-refractivity contribution in [2.24, 2.45) is 0 Å². The molecule has 0 bridgehead atoms. The Morgan fingerprint density at radius 3 is 2.67 bits per heavy atom. The van der Waals surface area contributed by atoms with E-state index in [1.165, 1.54) is 0 Å². The van der Waals surface area contributed by atoms with Gasteiger partial charge >= 0.3 is 0 Å². The highest BCUT2D eigenvalue weighted by Crippen LogP contribution is 2.27. The van der Waals surface area contributed by atoms with Gasteiger partial charge in [-0.15, -0.1) is 0 Å². The first kappa shape index (κ1) is 22.7. The highest BCUT2D eigenvalue weighted by atomic mass is 16.5. The monoisotopic (exact) mass is 443 g/mol. The average molecular weight is 444 g/mol. The van der Waals surface area contributed by atoms with Crippen LogP contribution in [0.2, 0.25) is 0 Å². The van der Waals surface area contributed by atoms with Gasteiger partial charge in [0.1, 0.15) is 5.75 Å². The second-order valence-corrected chi connectivity index (χ2v) is 8.72. The van der Waals surface area contributed by atoms with Crippen molar-refractivity contribution in [1.82, 2.24) is 14.5 Å². The van der Waals surface area contributed by atoms with Crippen LogP contribution in [0.15, 0.2) is 65.7 Å². The normalized spacial score (nSPS) is 12.4. The first-order chi connectivity index (χ1) is 15.9. The molecule has 2 aromatic heterocycles. The molecule has 2 heterocycles. The van der Waals surface area contributed by atoms with Crippen molar-refractivity contribution in [3.05, 3.63) is 82.4 Å². The highest BCUT2D eigenvalue weighted by molar-refractivity contribution is 6.08. The number of methoxy groups -OCH3 is 1. The molecule has 0 N–H and O–H groups in total. The second-order valence-electron chi connectivity index (χ2n) is 8.72. The number of hydrogen-bond donors (Lipinski definition) is 0. The fourth-order valence-electron chi connectivity index (χ4n) is 4.19. The molecule has 4 rings (SSSR count). The Morgan fingerprint density at radius 2 is 1.91 bits per heavy atom. The molecule has 0 amide bonds. The van der Waals surface area contributed by atoms with Crippen molar-refractivity contribution in [1.29, 1.82) is 0 Å². The molecule has 0 saturated heterocycles. The third-order valence-corrected chi connectivity index (χ3v) is 6.12.